The number of hydrogen-bond acceptors (Lipinski definition) is 2. The van der Waals surface area contributed by atoms with Crippen molar-refractivity contribution < 1.29 is 4.79 Å². The first kappa shape index (κ1) is 14.1. The van der Waals surface area contributed by atoms with Crippen LogP contribution in [0.15, 0.2) is 36.7 Å². The lowest BCUT2D eigenvalue weighted by atomic mass is 10.1. The summed E-state index contributed by atoms with van der Waals surface area (Å²) >= 11 is 6.10. The molecule has 0 saturated carbocycles. The normalized spacial score (nSPS) is 17.3. The number of rotatable bonds is 4. The summed E-state index contributed by atoms with van der Waals surface area (Å²) in [5, 5.41) is 3.84. The van der Waals surface area contributed by atoms with Crippen molar-refractivity contribution in [3.8, 4) is 0 Å². The molecule has 0 aliphatic carbocycles. The summed E-state index contributed by atoms with van der Waals surface area (Å²) in [7, 11) is 0. The van der Waals surface area contributed by atoms with Gasteiger partial charge in [-0.15, -0.1) is 0 Å². The molecule has 2 aromatic rings. The van der Waals surface area contributed by atoms with Crippen LogP contribution in [0, 0.1) is 0 Å². The van der Waals surface area contributed by atoms with Crippen LogP contribution in [0.3, 0.4) is 0 Å². The Labute approximate surface area is 129 Å². The van der Waals surface area contributed by atoms with Gasteiger partial charge in [0, 0.05) is 42.8 Å². The van der Waals surface area contributed by atoms with Gasteiger partial charge >= 0.3 is 0 Å². The molecule has 1 aliphatic heterocycles. The minimum Gasteiger partial charge on any atom is -0.352 e. The maximum Gasteiger partial charge on any atom is 0.220 e. The highest BCUT2D eigenvalue weighted by atomic mass is 35.5. The highest BCUT2D eigenvalue weighted by Gasteiger charge is 2.20. The first-order valence-corrected chi connectivity index (χ1v) is 7.63. The van der Waals surface area contributed by atoms with Gasteiger partial charge in [-0.3, -0.25) is 4.79 Å². The minimum absolute atomic E-state index is 0.0866. The fourth-order valence-electron chi connectivity index (χ4n) is 2.73. The second kappa shape index (κ2) is 6.31. The minimum atomic E-state index is 0.0866. The molecular weight excluding hydrogens is 286 g/mol. The fraction of sp³-hybridized carbons (Fsp3) is 0.375. The number of nitrogens with zero attached hydrogens (tertiary/aromatic N) is 2. The number of imidazole rings is 1. The Morgan fingerprint density at radius 1 is 1.43 bits per heavy atom. The molecule has 1 atom stereocenters. The van der Waals surface area contributed by atoms with Crippen molar-refractivity contribution in [1.29, 1.82) is 0 Å². The summed E-state index contributed by atoms with van der Waals surface area (Å²) in [5.74, 6) is 1.19. The monoisotopic (exact) mass is 303 g/mol. The Balaban J connectivity index is 1.50. The van der Waals surface area contributed by atoms with Crippen LogP contribution in [0.5, 0.6) is 0 Å². The van der Waals surface area contributed by atoms with E-state index < -0.39 is 0 Å². The zero-order chi connectivity index (χ0) is 14.7. The summed E-state index contributed by atoms with van der Waals surface area (Å²) in [6.45, 7) is 0.813. The van der Waals surface area contributed by atoms with Gasteiger partial charge in [0.1, 0.15) is 5.82 Å². The number of halogens is 1. The molecule has 1 aromatic heterocycles. The maximum atomic E-state index is 12.1. The number of aromatic nitrogens is 2. The largest absolute Gasteiger partial charge is 0.352 e. The van der Waals surface area contributed by atoms with E-state index in [2.05, 4.69) is 14.9 Å². The van der Waals surface area contributed by atoms with Gasteiger partial charge in [-0.25, -0.2) is 4.98 Å². The summed E-state index contributed by atoms with van der Waals surface area (Å²) in [4.78, 5) is 16.4. The van der Waals surface area contributed by atoms with Crippen molar-refractivity contribution >= 4 is 17.5 Å². The number of carbonyl (C=O) groups excluding carboxylic acids is 1. The van der Waals surface area contributed by atoms with Crippen molar-refractivity contribution in [2.45, 2.75) is 38.3 Å². The Hall–Kier alpha value is -1.81. The quantitative estimate of drug-likeness (QED) is 0.944. The Morgan fingerprint density at radius 3 is 3.14 bits per heavy atom. The van der Waals surface area contributed by atoms with Crippen LogP contribution in [0.4, 0.5) is 0 Å². The molecule has 0 saturated heterocycles. The smallest absolute Gasteiger partial charge is 0.220 e. The fourth-order valence-corrected chi connectivity index (χ4v) is 2.96. The van der Waals surface area contributed by atoms with Crippen LogP contribution in [0.2, 0.25) is 5.02 Å². The van der Waals surface area contributed by atoms with E-state index in [1.54, 1.807) is 0 Å². The lowest BCUT2D eigenvalue weighted by Crippen LogP contribution is -2.40. The van der Waals surface area contributed by atoms with Crippen molar-refractivity contribution in [2.75, 3.05) is 0 Å². The van der Waals surface area contributed by atoms with Crippen molar-refractivity contribution in [3.63, 3.8) is 0 Å². The van der Waals surface area contributed by atoms with Gasteiger partial charge in [-0.05, 0) is 24.5 Å². The number of aryl methyl sites for hydroxylation is 2. The number of hydrogen-bond donors (Lipinski definition) is 1. The van der Waals surface area contributed by atoms with Crippen molar-refractivity contribution in [1.82, 2.24) is 14.9 Å². The zero-order valence-electron chi connectivity index (χ0n) is 11.8. The first-order chi connectivity index (χ1) is 10.2. The van der Waals surface area contributed by atoms with E-state index in [-0.39, 0.29) is 11.9 Å². The molecule has 1 N–H and O–H groups in total. The van der Waals surface area contributed by atoms with E-state index in [4.69, 9.17) is 11.6 Å². The number of carbonyl (C=O) groups is 1. The van der Waals surface area contributed by atoms with Crippen LogP contribution in [0.25, 0.3) is 0 Å². The lowest BCUT2D eigenvalue weighted by molar-refractivity contribution is -0.122. The molecule has 21 heavy (non-hydrogen) atoms. The van der Waals surface area contributed by atoms with Gasteiger partial charge in [0.25, 0.3) is 0 Å². The molecule has 1 aromatic carbocycles. The summed E-state index contributed by atoms with van der Waals surface area (Å²) in [5.41, 5.74) is 1.02. The summed E-state index contributed by atoms with van der Waals surface area (Å²) < 4.78 is 2.11. The van der Waals surface area contributed by atoms with Gasteiger partial charge in [0.15, 0.2) is 0 Å². The molecule has 3 rings (SSSR count). The zero-order valence-corrected chi connectivity index (χ0v) is 12.5. The average molecular weight is 304 g/mol. The molecule has 110 valence electrons. The third-order valence-corrected chi connectivity index (χ3v) is 4.25. The van der Waals surface area contributed by atoms with E-state index in [0.29, 0.717) is 12.8 Å². The molecule has 4 nitrogen and oxygen atoms in total. The first-order valence-electron chi connectivity index (χ1n) is 7.25. The highest BCUT2D eigenvalue weighted by molar-refractivity contribution is 6.31. The predicted octanol–water partition coefficient (Wildman–Crippen LogP) is 2.60. The van der Waals surface area contributed by atoms with E-state index in [1.165, 1.54) is 0 Å². The Bertz CT molecular complexity index is 638. The van der Waals surface area contributed by atoms with Gasteiger partial charge in [0.05, 0.1) is 0 Å². The molecule has 1 amide bonds. The maximum absolute atomic E-state index is 12.1. The predicted molar refractivity (Wildman–Crippen MR) is 82.3 cm³/mol. The number of fused-ring (bicyclic) bond motifs is 1. The molecule has 0 radical (unpaired) electrons. The van der Waals surface area contributed by atoms with Crippen LogP contribution >= 0.6 is 11.6 Å². The van der Waals surface area contributed by atoms with Crippen LogP contribution in [0.1, 0.15) is 24.2 Å². The van der Waals surface area contributed by atoms with Crippen molar-refractivity contribution in [2.24, 2.45) is 0 Å². The second-order valence-corrected chi connectivity index (χ2v) is 5.80. The third kappa shape index (κ3) is 3.45. The van der Waals surface area contributed by atoms with Gasteiger partial charge in [0.2, 0.25) is 5.91 Å². The SMILES string of the molecule is O=C(CCc1ccccc1Cl)NC1CCc2nccn2C1. The highest BCUT2D eigenvalue weighted by Crippen LogP contribution is 2.17. The molecule has 1 aliphatic rings. The molecule has 0 bridgehead atoms. The lowest BCUT2D eigenvalue weighted by Gasteiger charge is -2.24. The number of amides is 1. The van der Waals surface area contributed by atoms with E-state index >= 15 is 0 Å². The topological polar surface area (TPSA) is 46.9 Å². The van der Waals surface area contributed by atoms with Crippen molar-refractivity contribution in [3.05, 3.63) is 53.1 Å². The number of benzene rings is 1. The molecule has 2 heterocycles. The second-order valence-electron chi connectivity index (χ2n) is 5.39. The number of nitrogens with one attached hydrogen (secondary N) is 1. The van der Waals surface area contributed by atoms with E-state index in [1.807, 2.05) is 36.7 Å². The molecule has 1 unspecified atom stereocenters. The molecule has 0 fully saturated rings. The van der Waals surface area contributed by atoms with Gasteiger partial charge in [-0.1, -0.05) is 29.8 Å². The molecule has 0 spiro atoms. The van der Waals surface area contributed by atoms with Gasteiger partial charge < -0.3 is 9.88 Å². The third-order valence-electron chi connectivity index (χ3n) is 3.88. The average Bonchev–Trinajstić information content (AvgIpc) is 2.94. The molecular formula is C16H18ClN3O. The summed E-state index contributed by atoms with van der Waals surface area (Å²) in [6, 6.07) is 7.87. The Morgan fingerprint density at radius 2 is 2.29 bits per heavy atom. The van der Waals surface area contributed by atoms with E-state index in [0.717, 1.165) is 35.8 Å². The van der Waals surface area contributed by atoms with Gasteiger partial charge in [-0.2, -0.15) is 0 Å². The van der Waals surface area contributed by atoms with Crippen LogP contribution in [-0.2, 0) is 24.2 Å². The van der Waals surface area contributed by atoms with Crippen LogP contribution in [-0.4, -0.2) is 21.5 Å². The Kier molecular flexibility index (Phi) is 4.25. The van der Waals surface area contributed by atoms with Crippen LogP contribution < -0.4 is 5.32 Å². The van der Waals surface area contributed by atoms with E-state index in [9.17, 15) is 4.79 Å². The standard InChI is InChI=1S/C16H18ClN3O/c17-14-4-2-1-3-12(14)5-8-16(21)19-13-6-7-15-18-9-10-20(15)11-13/h1-4,9-10,13H,5-8,11H2,(H,19,21). The summed E-state index contributed by atoms with van der Waals surface area (Å²) in [6.07, 6.45) is 6.80. The molecule has 5 heteroatoms.